The number of benzene rings is 1. The van der Waals surface area contributed by atoms with Gasteiger partial charge in [0.15, 0.2) is 5.96 Å². The molecule has 6 heteroatoms. The highest BCUT2D eigenvalue weighted by Crippen LogP contribution is 2.29. The van der Waals surface area contributed by atoms with Crippen molar-refractivity contribution in [1.82, 2.24) is 10.6 Å². The molecule has 5 nitrogen and oxygen atoms in total. The van der Waals surface area contributed by atoms with E-state index in [1.54, 1.807) is 0 Å². The number of halogens is 1. The first-order chi connectivity index (χ1) is 12.0. The van der Waals surface area contributed by atoms with Gasteiger partial charge in [-0.15, -0.1) is 24.0 Å². The minimum Gasteiger partial charge on any atom is -0.396 e. The topological polar surface area (TPSA) is 59.9 Å². The van der Waals surface area contributed by atoms with Gasteiger partial charge in [0, 0.05) is 39.5 Å². The lowest BCUT2D eigenvalue weighted by Gasteiger charge is -2.32. The summed E-state index contributed by atoms with van der Waals surface area (Å²) in [5.74, 6) is 0.836. The third-order valence-electron chi connectivity index (χ3n) is 4.99. The highest BCUT2D eigenvalue weighted by molar-refractivity contribution is 14.0. The van der Waals surface area contributed by atoms with Gasteiger partial charge < -0.3 is 20.6 Å². The van der Waals surface area contributed by atoms with Crippen molar-refractivity contribution in [3.05, 3.63) is 29.8 Å². The molecular weight excluding hydrogens is 439 g/mol. The molecule has 0 amide bonds. The maximum absolute atomic E-state index is 9.37. The smallest absolute Gasteiger partial charge is 0.191 e. The molecule has 0 bridgehead atoms. The summed E-state index contributed by atoms with van der Waals surface area (Å²) < 4.78 is 0. The fourth-order valence-electron chi connectivity index (χ4n) is 2.86. The Kier molecular flexibility index (Phi) is 12.7. The maximum Gasteiger partial charge on any atom is 0.191 e. The maximum atomic E-state index is 9.37. The average molecular weight is 476 g/mol. The Balaban J connectivity index is 0.00000625. The van der Waals surface area contributed by atoms with E-state index in [4.69, 9.17) is 4.99 Å². The normalized spacial score (nSPS) is 11.7. The molecule has 26 heavy (non-hydrogen) atoms. The number of hydrogen-bond donors (Lipinski definition) is 3. The van der Waals surface area contributed by atoms with Gasteiger partial charge in [-0.3, -0.25) is 0 Å². The number of aliphatic hydroxyl groups is 1. The van der Waals surface area contributed by atoms with Gasteiger partial charge in [-0.1, -0.05) is 26.0 Å². The lowest BCUT2D eigenvalue weighted by atomic mass is 9.79. The highest BCUT2D eigenvalue weighted by atomic mass is 127. The van der Waals surface area contributed by atoms with Crippen LogP contribution in [0.25, 0.3) is 0 Å². The molecule has 3 N–H and O–H groups in total. The summed E-state index contributed by atoms with van der Waals surface area (Å²) in [7, 11) is 4.08. The molecule has 1 rings (SSSR count). The van der Waals surface area contributed by atoms with Crippen molar-refractivity contribution in [1.29, 1.82) is 0 Å². The number of hydrogen-bond acceptors (Lipinski definition) is 3. The fourth-order valence-corrected chi connectivity index (χ4v) is 2.86. The summed E-state index contributed by atoms with van der Waals surface area (Å²) in [5.41, 5.74) is 2.51. The second-order valence-corrected chi connectivity index (χ2v) is 6.79. The molecule has 1 aromatic carbocycles. The fraction of sp³-hybridized carbons (Fsp3) is 0.650. The molecular formula is C20H37IN4O. The van der Waals surface area contributed by atoms with Gasteiger partial charge in [0.25, 0.3) is 0 Å². The predicted molar refractivity (Wildman–Crippen MR) is 124 cm³/mol. The zero-order valence-electron chi connectivity index (χ0n) is 17.0. The SMILES string of the molecule is CCNC(=NCc1ccc(N(C)C)cc1)NCC(CC)(CC)CCO.I. The van der Waals surface area contributed by atoms with Crippen LogP contribution < -0.4 is 15.5 Å². The molecule has 0 aliphatic heterocycles. The summed E-state index contributed by atoms with van der Waals surface area (Å²) in [6.45, 7) is 8.99. The summed E-state index contributed by atoms with van der Waals surface area (Å²) in [5, 5.41) is 16.2. The summed E-state index contributed by atoms with van der Waals surface area (Å²) in [4.78, 5) is 6.80. The lowest BCUT2D eigenvalue weighted by Crippen LogP contribution is -2.43. The molecule has 0 radical (unpaired) electrons. The highest BCUT2D eigenvalue weighted by Gasteiger charge is 2.25. The molecule has 0 unspecified atom stereocenters. The Hall–Kier alpha value is -1.02. The second-order valence-electron chi connectivity index (χ2n) is 6.79. The quantitative estimate of drug-likeness (QED) is 0.274. The largest absolute Gasteiger partial charge is 0.396 e. The number of aliphatic hydroxyl groups excluding tert-OH is 1. The zero-order chi connectivity index (χ0) is 18.7. The molecule has 0 aromatic heterocycles. The van der Waals surface area contributed by atoms with Crippen LogP contribution in [0.1, 0.15) is 45.6 Å². The number of guanidine groups is 1. The second kappa shape index (κ2) is 13.2. The monoisotopic (exact) mass is 476 g/mol. The van der Waals surface area contributed by atoms with Crippen molar-refractivity contribution >= 4 is 35.6 Å². The van der Waals surface area contributed by atoms with Crippen LogP contribution in [0.2, 0.25) is 0 Å². The Bertz CT molecular complexity index is 513. The molecule has 0 saturated heterocycles. The van der Waals surface area contributed by atoms with Crippen LogP contribution in [0.15, 0.2) is 29.3 Å². The van der Waals surface area contributed by atoms with Crippen LogP contribution in [0.5, 0.6) is 0 Å². The molecule has 0 atom stereocenters. The lowest BCUT2D eigenvalue weighted by molar-refractivity contribution is 0.169. The number of nitrogens with one attached hydrogen (secondary N) is 2. The first kappa shape index (κ1) is 25.0. The van der Waals surface area contributed by atoms with Gasteiger partial charge in [0.05, 0.1) is 6.54 Å². The summed E-state index contributed by atoms with van der Waals surface area (Å²) in [6, 6.07) is 8.48. The molecule has 0 spiro atoms. The predicted octanol–water partition coefficient (Wildman–Crippen LogP) is 3.61. The summed E-state index contributed by atoms with van der Waals surface area (Å²) >= 11 is 0. The van der Waals surface area contributed by atoms with Crippen LogP contribution in [-0.2, 0) is 6.54 Å². The minimum absolute atomic E-state index is 0. The van der Waals surface area contributed by atoms with Crippen molar-refractivity contribution in [2.75, 3.05) is 38.7 Å². The van der Waals surface area contributed by atoms with Crippen LogP contribution in [0.4, 0.5) is 5.69 Å². The molecule has 1 aromatic rings. The number of aliphatic imine (C=N–C) groups is 1. The summed E-state index contributed by atoms with van der Waals surface area (Å²) in [6.07, 6.45) is 2.91. The van der Waals surface area contributed by atoms with Gasteiger partial charge in [0.2, 0.25) is 0 Å². The minimum atomic E-state index is 0. The van der Waals surface area contributed by atoms with E-state index in [-0.39, 0.29) is 36.0 Å². The van der Waals surface area contributed by atoms with E-state index in [2.05, 4.69) is 60.6 Å². The first-order valence-corrected chi connectivity index (χ1v) is 9.39. The van der Waals surface area contributed by atoms with Gasteiger partial charge in [0.1, 0.15) is 0 Å². The molecule has 0 fully saturated rings. The van der Waals surface area contributed by atoms with Gasteiger partial charge in [-0.2, -0.15) is 0 Å². The third kappa shape index (κ3) is 8.12. The van der Waals surface area contributed by atoms with Crippen LogP contribution in [-0.4, -0.2) is 44.9 Å². The molecule has 0 heterocycles. The standard InChI is InChI=1S/C20H36N4O.HI/c1-6-20(7-2,13-14-25)16-23-19(21-8-3)22-15-17-9-11-18(12-10-17)24(4)5;/h9-12,25H,6-8,13-16H2,1-5H3,(H2,21,22,23);1H. The number of rotatable bonds is 10. The van der Waals surface area contributed by atoms with E-state index in [0.717, 1.165) is 38.3 Å². The Labute approximate surface area is 176 Å². The van der Waals surface area contributed by atoms with Crippen LogP contribution in [0.3, 0.4) is 0 Å². The van der Waals surface area contributed by atoms with E-state index in [1.807, 2.05) is 14.1 Å². The van der Waals surface area contributed by atoms with Gasteiger partial charge in [-0.05, 0) is 49.3 Å². The van der Waals surface area contributed by atoms with Gasteiger partial charge in [-0.25, -0.2) is 4.99 Å². The van der Waals surface area contributed by atoms with E-state index >= 15 is 0 Å². The molecule has 0 aliphatic rings. The molecule has 150 valence electrons. The average Bonchev–Trinajstić information content (AvgIpc) is 2.63. The zero-order valence-corrected chi connectivity index (χ0v) is 19.3. The van der Waals surface area contributed by atoms with E-state index < -0.39 is 0 Å². The molecule has 0 aliphatic carbocycles. The number of nitrogens with zero attached hydrogens (tertiary/aromatic N) is 2. The Morgan fingerprint density at radius 2 is 1.69 bits per heavy atom. The van der Waals surface area contributed by atoms with E-state index in [0.29, 0.717) is 6.54 Å². The van der Waals surface area contributed by atoms with Crippen molar-refractivity contribution < 1.29 is 5.11 Å². The van der Waals surface area contributed by atoms with Crippen molar-refractivity contribution in [3.63, 3.8) is 0 Å². The van der Waals surface area contributed by atoms with Crippen LogP contribution >= 0.6 is 24.0 Å². The number of anilines is 1. The van der Waals surface area contributed by atoms with Crippen molar-refractivity contribution in [3.8, 4) is 0 Å². The van der Waals surface area contributed by atoms with E-state index in [1.165, 1.54) is 11.3 Å². The molecule has 0 saturated carbocycles. The van der Waals surface area contributed by atoms with Gasteiger partial charge >= 0.3 is 0 Å². The Morgan fingerprint density at radius 3 is 2.15 bits per heavy atom. The first-order valence-electron chi connectivity index (χ1n) is 9.39. The van der Waals surface area contributed by atoms with Crippen molar-refractivity contribution in [2.45, 2.75) is 46.6 Å². The van der Waals surface area contributed by atoms with E-state index in [9.17, 15) is 5.11 Å². The van der Waals surface area contributed by atoms with Crippen molar-refractivity contribution in [2.24, 2.45) is 10.4 Å². The third-order valence-corrected chi connectivity index (χ3v) is 4.99. The van der Waals surface area contributed by atoms with Crippen LogP contribution in [0, 0.1) is 5.41 Å². The Morgan fingerprint density at radius 1 is 1.08 bits per heavy atom.